The van der Waals surface area contributed by atoms with Crippen LogP contribution in [-0.2, 0) is 6.42 Å². The van der Waals surface area contributed by atoms with Crippen LogP contribution in [0.2, 0.25) is 0 Å². The summed E-state index contributed by atoms with van der Waals surface area (Å²) in [6.45, 7) is 4.42. The largest absolute Gasteiger partial charge is 0.507 e. The number of rotatable bonds is 2. The molecule has 0 atom stereocenters. The van der Waals surface area contributed by atoms with Crippen LogP contribution in [-0.4, -0.2) is 5.11 Å². The smallest absolute Gasteiger partial charge is 0.123 e. The van der Waals surface area contributed by atoms with Gasteiger partial charge in [0.1, 0.15) is 5.75 Å². The van der Waals surface area contributed by atoms with Crippen molar-refractivity contribution < 1.29 is 5.11 Å². The molecule has 0 fully saturated rings. The standard InChI is InChI=1S/C14H16O/c1-10(2)9-11-5-3-7-13-12(11)6-4-8-14(13)15/h3-8,10,15H,9H2,1-2H3. The average molecular weight is 200 g/mol. The molecule has 2 aromatic carbocycles. The molecule has 0 radical (unpaired) electrons. The van der Waals surface area contributed by atoms with E-state index >= 15 is 0 Å². The molecule has 0 spiro atoms. The zero-order valence-corrected chi connectivity index (χ0v) is 9.20. The molecule has 1 nitrogen and oxygen atoms in total. The third-order valence-electron chi connectivity index (χ3n) is 2.62. The molecule has 2 aromatic rings. The van der Waals surface area contributed by atoms with Crippen molar-refractivity contribution in [2.45, 2.75) is 20.3 Å². The van der Waals surface area contributed by atoms with Crippen LogP contribution in [0.1, 0.15) is 19.4 Å². The monoisotopic (exact) mass is 200 g/mol. The Hall–Kier alpha value is -1.50. The van der Waals surface area contributed by atoms with E-state index in [2.05, 4.69) is 26.0 Å². The Morgan fingerprint density at radius 2 is 1.67 bits per heavy atom. The lowest BCUT2D eigenvalue weighted by Crippen LogP contribution is -1.94. The Balaban J connectivity index is 2.61. The first-order valence-electron chi connectivity index (χ1n) is 5.38. The zero-order valence-electron chi connectivity index (χ0n) is 9.20. The van der Waals surface area contributed by atoms with Gasteiger partial charge in [0, 0.05) is 5.39 Å². The number of aromatic hydroxyl groups is 1. The summed E-state index contributed by atoms with van der Waals surface area (Å²) in [6.07, 6.45) is 1.06. The molecule has 1 N–H and O–H groups in total. The molecule has 78 valence electrons. The molecule has 0 aliphatic heterocycles. The highest BCUT2D eigenvalue weighted by atomic mass is 16.3. The van der Waals surface area contributed by atoms with Crippen LogP contribution < -0.4 is 0 Å². The van der Waals surface area contributed by atoms with Gasteiger partial charge in [-0.05, 0) is 29.4 Å². The molecule has 0 unspecified atom stereocenters. The number of hydrogen-bond donors (Lipinski definition) is 1. The average Bonchev–Trinajstić information content (AvgIpc) is 2.19. The summed E-state index contributed by atoms with van der Waals surface area (Å²) in [5.41, 5.74) is 1.32. The molecule has 0 heterocycles. The van der Waals surface area contributed by atoms with E-state index in [4.69, 9.17) is 0 Å². The van der Waals surface area contributed by atoms with Gasteiger partial charge in [-0.2, -0.15) is 0 Å². The van der Waals surface area contributed by atoms with E-state index in [1.807, 2.05) is 18.2 Å². The molecule has 15 heavy (non-hydrogen) atoms. The quantitative estimate of drug-likeness (QED) is 0.782. The van der Waals surface area contributed by atoms with Crippen LogP contribution in [0.4, 0.5) is 0 Å². The van der Waals surface area contributed by atoms with Gasteiger partial charge in [-0.15, -0.1) is 0 Å². The van der Waals surface area contributed by atoms with Crippen molar-refractivity contribution in [3.05, 3.63) is 42.0 Å². The molecule has 0 aromatic heterocycles. The van der Waals surface area contributed by atoms with Gasteiger partial charge in [-0.25, -0.2) is 0 Å². The minimum Gasteiger partial charge on any atom is -0.507 e. The van der Waals surface area contributed by atoms with E-state index in [9.17, 15) is 5.11 Å². The molecule has 1 heteroatoms. The predicted molar refractivity (Wildman–Crippen MR) is 64.2 cm³/mol. The second-order valence-electron chi connectivity index (χ2n) is 4.39. The summed E-state index contributed by atoms with van der Waals surface area (Å²) < 4.78 is 0. The zero-order chi connectivity index (χ0) is 10.8. The van der Waals surface area contributed by atoms with Crippen LogP contribution in [0, 0.1) is 5.92 Å². The Bertz CT molecular complexity index is 472. The van der Waals surface area contributed by atoms with E-state index in [0.717, 1.165) is 11.8 Å². The number of fused-ring (bicyclic) bond motifs is 1. The molecule has 0 saturated carbocycles. The number of benzene rings is 2. The molecule has 0 amide bonds. The third-order valence-corrected chi connectivity index (χ3v) is 2.62. The fraction of sp³-hybridized carbons (Fsp3) is 0.286. The van der Waals surface area contributed by atoms with E-state index in [1.165, 1.54) is 10.9 Å². The Morgan fingerprint density at radius 1 is 1.00 bits per heavy atom. The highest BCUT2D eigenvalue weighted by Gasteiger charge is 2.05. The van der Waals surface area contributed by atoms with Gasteiger partial charge in [0.05, 0.1) is 0 Å². The molecule has 0 aliphatic carbocycles. The normalized spacial score (nSPS) is 11.1. The summed E-state index contributed by atoms with van der Waals surface area (Å²) >= 11 is 0. The first kappa shape index (κ1) is 10.0. The fourth-order valence-electron chi connectivity index (χ4n) is 1.98. The molecule has 0 bridgehead atoms. The lowest BCUT2D eigenvalue weighted by Gasteiger charge is -2.09. The van der Waals surface area contributed by atoms with Crippen molar-refractivity contribution in [2.75, 3.05) is 0 Å². The van der Waals surface area contributed by atoms with Crippen LogP contribution in [0.15, 0.2) is 36.4 Å². The van der Waals surface area contributed by atoms with E-state index in [-0.39, 0.29) is 0 Å². The highest BCUT2D eigenvalue weighted by molar-refractivity contribution is 5.90. The number of hydrogen-bond acceptors (Lipinski definition) is 1. The summed E-state index contributed by atoms with van der Waals surface area (Å²) in [4.78, 5) is 0. The van der Waals surface area contributed by atoms with Gasteiger partial charge in [0.2, 0.25) is 0 Å². The van der Waals surface area contributed by atoms with Crippen LogP contribution in [0.5, 0.6) is 5.75 Å². The van der Waals surface area contributed by atoms with Gasteiger partial charge in [-0.1, -0.05) is 44.2 Å². The van der Waals surface area contributed by atoms with Crippen molar-refractivity contribution in [2.24, 2.45) is 5.92 Å². The summed E-state index contributed by atoms with van der Waals surface area (Å²) in [7, 11) is 0. The van der Waals surface area contributed by atoms with Crippen LogP contribution >= 0.6 is 0 Å². The van der Waals surface area contributed by atoms with Crippen molar-refractivity contribution >= 4 is 10.8 Å². The van der Waals surface area contributed by atoms with Crippen LogP contribution in [0.3, 0.4) is 0 Å². The van der Waals surface area contributed by atoms with Crippen molar-refractivity contribution in [1.82, 2.24) is 0 Å². The summed E-state index contributed by atoms with van der Waals surface area (Å²) in [6, 6.07) is 11.8. The maximum Gasteiger partial charge on any atom is 0.123 e. The first-order chi connectivity index (χ1) is 7.18. The number of phenolic OH excluding ortho intramolecular Hbond substituents is 1. The molecule has 2 rings (SSSR count). The van der Waals surface area contributed by atoms with Gasteiger partial charge in [-0.3, -0.25) is 0 Å². The van der Waals surface area contributed by atoms with Crippen LogP contribution in [0.25, 0.3) is 10.8 Å². The maximum absolute atomic E-state index is 9.73. The molecular weight excluding hydrogens is 184 g/mol. The lowest BCUT2D eigenvalue weighted by molar-refractivity contribution is 0.481. The minimum absolute atomic E-state index is 0.373. The topological polar surface area (TPSA) is 20.2 Å². The second-order valence-corrected chi connectivity index (χ2v) is 4.39. The molecule has 0 saturated heterocycles. The Labute approximate surface area is 90.4 Å². The summed E-state index contributed by atoms with van der Waals surface area (Å²) in [5.74, 6) is 1.01. The van der Waals surface area contributed by atoms with Crippen molar-refractivity contribution in [1.29, 1.82) is 0 Å². The van der Waals surface area contributed by atoms with Gasteiger partial charge in [0.25, 0.3) is 0 Å². The third kappa shape index (κ3) is 1.96. The number of phenols is 1. The maximum atomic E-state index is 9.73. The molecule has 0 aliphatic rings. The molecular formula is C14H16O. The lowest BCUT2D eigenvalue weighted by atomic mass is 9.97. The Kier molecular flexibility index (Phi) is 2.63. The van der Waals surface area contributed by atoms with E-state index in [0.29, 0.717) is 11.7 Å². The predicted octanol–water partition coefficient (Wildman–Crippen LogP) is 3.74. The van der Waals surface area contributed by atoms with Gasteiger partial charge >= 0.3 is 0 Å². The first-order valence-corrected chi connectivity index (χ1v) is 5.38. The second kappa shape index (κ2) is 3.93. The van der Waals surface area contributed by atoms with E-state index in [1.54, 1.807) is 6.07 Å². The summed E-state index contributed by atoms with van der Waals surface area (Å²) in [5, 5.41) is 11.9. The fourth-order valence-corrected chi connectivity index (χ4v) is 1.98. The minimum atomic E-state index is 0.373. The SMILES string of the molecule is CC(C)Cc1cccc2c(O)cccc12. The van der Waals surface area contributed by atoms with E-state index < -0.39 is 0 Å². The van der Waals surface area contributed by atoms with Crippen molar-refractivity contribution in [3.8, 4) is 5.75 Å². The van der Waals surface area contributed by atoms with Gasteiger partial charge < -0.3 is 5.11 Å². The highest BCUT2D eigenvalue weighted by Crippen LogP contribution is 2.27. The Morgan fingerprint density at radius 3 is 2.40 bits per heavy atom. The van der Waals surface area contributed by atoms with Gasteiger partial charge in [0.15, 0.2) is 0 Å². The van der Waals surface area contributed by atoms with Crippen molar-refractivity contribution in [3.63, 3.8) is 0 Å².